The van der Waals surface area contributed by atoms with Gasteiger partial charge in [0.25, 0.3) is 0 Å². The highest BCUT2D eigenvalue weighted by Crippen LogP contribution is 2.50. The van der Waals surface area contributed by atoms with Crippen LogP contribution < -0.4 is 4.74 Å². The summed E-state index contributed by atoms with van der Waals surface area (Å²) in [6.45, 7) is 0.493. The number of benzene rings is 3. The maximum absolute atomic E-state index is 15.7. The van der Waals surface area contributed by atoms with Crippen molar-refractivity contribution < 1.29 is 23.4 Å². The number of imidazole rings is 1. The molecule has 0 amide bonds. The predicted octanol–water partition coefficient (Wildman–Crippen LogP) is 7.24. The molecular formula is C37H27F2N5O3. The van der Waals surface area contributed by atoms with Crippen LogP contribution in [0.15, 0.2) is 97.3 Å². The van der Waals surface area contributed by atoms with Crippen LogP contribution in [0, 0.1) is 23.0 Å². The molecule has 1 fully saturated rings. The third-order valence-corrected chi connectivity index (χ3v) is 8.66. The van der Waals surface area contributed by atoms with Crippen LogP contribution in [-0.4, -0.2) is 30.6 Å². The summed E-state index contributed by atoms with van der Waals surface area (Å²) in [7, 11) is 0. The molecule has 3 aromatic heterocycles. The number of ether oxygens (including phenoxy) is 1. The number of pyridine rings is 2. The van der Waals surface area contributed by atoms with Gasteiger partial charge in [-0.05, 0) is 78.6 Å². The molecule has 0 bridgehead atoms. The molecule has 47 heavy (non-hydrogen) atoms. The molecule has 0 unspecified atom stereocenters. The first-order valence-electron chi connectivity index (χ1n) is 15.0. The third-order valence-electron chi connectivity index (χ3n) is 8.66. The number of rotatable bonds is 10. The fourth-order valence-electron chi connectivity index (χ4n) is 5.88. The van der Waals surface area contributed by atoms with Crippen molar-refractivity contribution in [2.45, 2.75) is 37.8 Å². The van der Waals surface area contributed by atoms with Crippen molar-refractivity contribution in [3.8, 4) is 23.2 Å². The van der Waals surface area contributed by atoms with E-state index < -0.39 is 17.6 Å². The van der Waals surface area contributed by atoms with Crippen LogP contribution in [0.3, 0.4) is 0 Å². The van der Waals surface area contributed by atoms with Gasteiger partial charge in [0.2, 0.25) is 5.88 Å². The van der Waals surface area contributed by atoms with Crippen LogP contribution in [0.2, 0.25) is 0 Å². The van der Waals surface area contributed by atoms with Crippen molar-refractivity contribution in [1.82, 2.24) is 19.5 Å². The largest absolute Gasteiger partial charge is 0.478 e. The van der Waals surface area contributed by atoms with E-state index in [2.05, 4.69) is 9.97 Å². The average Bonchev–Trinajstić information content (AvgIpc) is 3.81. The fraction of sp³-hybridized carbons (Fsp3) is 0.162. The lowest BCUT2D eigenvalue weighted by atomic mass is 9.96. The molecule has 232 valence electrons. The molecule has 7 rings (SSSR count). The topological polar surface area (TPSA) is 114 Å². The van der Waals surface area contributed by atoms with Gasteiger partial charge in [-0.2, -0.15) is 5.26 Å². The second-order valence-corrected chi connectivity index (χ2v) is 11.7. The zero-order valence-electron chi connectivity index (χ0n) is 25.0. The van der Waals surface area contributed by atoms with Crippen LogP contribution in [0.4, 0.5) is 8.78 Å². The lowest BCUT2D eigenvalue weighted by Crippen LogP contribution is -2.18. The van der Waals surface area contributed by atoms with E-state index in [1.807, 2.05) is 22.8 Å². The third kappa shape index (κ3) is 6.03. The first-order chi connectivity index (χ1) is 22.8. The van der Waals surface area contributed by atoms with Gasteiger partial charge in [0.05, 0.1) is 33.9 Å². The van der Waals surface area contributed by atoms with E-state index in [4.69, 9.17) is 15.0 Å². The molecule has 3 aromatic carbocycles. The van der Waals surface area contributed by atoms with Crippen molar-refractivity contribution in [2.24, 2.45) is 0 Å². The number of hydrogen-bond acceptors (Lipinski definition) is 6. The number of aromatic nitrogens is 4. The number of halogens is 2. The van der Waals surface area contributed by atoms with Gasteiger partial charge in [0.1, 0.15) is 24.1 Å². The van der Waals surface area contributed by atoms with E-state index in [-0.39, 0.29) is 41.0 Å². The van der Waals surface area contributed by atoms with Gasteiger partial charge < -0.3 is 14.4 Å². The molecule has 3 heterocycles. The summed E-state index contributed by atoms with van der Waals surface area (Å²) in [4.78, 5) is 25.3. The van der Waals surface area contributed by atoms with Gasteiger partial charge in [0, 0.05) is 48.0 Å². The van der Waals surface area contributed by atoms with E-state index in [9.17, 15) is 14.3 Å². The monoisotopic (exact) mass is 627 g/mol. The average molecular weight is 628 g/mol. The van der Waals surface area contributed by atoms with Crippen LogP contribution in [-0.2, 0) is 25.0 Å². The van der Waals surface area contributed by atoms with Crippen LogP contribution in [0.1, 0.15) is 51.3 Å². The Balaban J connectivity index is 1.15. The normalized spacial score (nSPS) is 13.3. The lowest BCUT2D eigenvalue weighted by Gasteiger charge is -2.19. The molecule has 0 aliphatic heterocycles. The Labute approximate surface area is 268 Å². The summed E-state index contributed by atoms with van der Waals surface area (Å²) < 4.78 is 37.8. The quantitative estimate of drug-likeness (QED) is 0.170. The summed E-state index contributed by atoms with van der Waals surface area (Å²) in [5, 5.41) is 18.6. The Bertz CT molecular complexity index is 2190. The van der Waals surface area contributed by atoms with E-state index in [0.717, 1.165) is 24.5 Å². The molecule has 0 spiro atoms. The van der Waals surface area contributed by atoms with Crippen molar-refractivity contribution in [2.75, 3.05) is 0 Å². The summed E-state index contributed by atoms with van der Waals surface area (Å²) in [6.07, 6.45) is 5.68. The molecule has 6 aromatic rings. The Kier molecular flexibility index (Phi) is 7.66. The summed E-state index contributed by atoms with van der Waals surface area (Å²) in [5.74, 6) is -1.12. The minimum atomic E-state index is -1.03. The number of nitrogens with zero attached hydrogens (tertiary/aromatic N) is 5. The lowest BCUT2D eigenvalue weighted by molar-refractivity contribution is 0.0697. The van der Waals surface area contributed by atoms with Gasteiger partial charge in [-0.15, -0.1) is 0 Å². The molecule has 1 saturated carbocycles. The molecule has 8 nitrogen and oxygen atoms in total. The zero-order chi connectivity index (χ0) is 32.5. The van der Waals surface area contributed by atoms with E-state index in [1.165, 1.54) is 24.3 Å². The summed E-state index contributed by atoms with van der Waals surface area (Å²) >= 11 is 0. The van der Waals surface area contributed by atoms with Crippen molar-refractivity contribution >= 4 is 17.0 Å². The van der Waals surface area contributed by atoms with E-state index >= 15 is 4.39 Å². The number of carbonyl (C=O) groups is 1. The number of hydrogen-bond donors (Lipinski definition) is 1. The highest BCUT2D eigenvalue weighted by atomic mass is 19.1. The van der Waals surface area contributed by atoms with Gasteiger partial charge in [-0.25, -0.2) is 23.5 Å². The van der Waals surface area contributed by atoms with Crippen molar-refractivity contribution in [3.63, 3.8) is 0 Å². The number of carboxylic acids is 1. The van der Waals surface area contributed by atoms with E-state index in [0.29, 0.717) is 40.2 Å². The Hall–Kier alpha value is -5.95. The van der Waals surface area contributed by atoms with Gasteiger partial charge in [0.15, 0.2) is 0 Å². The maximum atomic E-state index is 15.7. The predicted molar refractivity (Wildman–Crippen MR) is 170 cm³/mol. The molecule has 1 N–H and O–H groups in total. The first-order valence-corrected chi connectivity index (χ1v) is 15.0. The van der Waals surface area contributed by atoms with Crippen LogP contribution in [0.25, 0.3) is 22.3 Å². The highest BCUT2D eigenvalue weighted by Gasteiger charge is 2.45. The molecular weight excluding hydrogens is 600 g/mol. The SMILES string of the molecule is N#Cc1ccc(COc2cccc(-c3ccc(Cc4nc5ccc(C(=O)O)cc5n4CC4(c5ccncc5)CC4)c(F)c3)n2)c(F)c1. The highest BCUT2D eigenvalue weighted by molar-refractivity contribution is 5.92. The van der Waals surface area contributed by atoms with E-state index in [1.54, 1.807) is 54.9 Å². The molecule has 0 saturated heterocycles. The molecule has 1 aliphatic carbocycles. The zero-order valence-corrected chi connectivity index (χ0v) is 25.0. The standard InChI is InChI=1S/C37H27F2N5O3/c38-29-16-23(20-40)4-5-27(29)21-47-35-3-1-2-31(43-35)25-7-6-24(30(39)17-25)19-34-42-32-9-8-26(36(45)46)18-33(32)44(34)22-37(12-13-37)28-10-14-41-15-11-28/h1-11,14-18H,12-13,19,21-22H2,(H,45,46). The Morgan fingerprint density at radius 3 is 2.45 bits per heavy atom. The minimum absolute atomic E-state index is 0.0846. The maximum Gasteiger partial charge on any atom is 0.335 e. The summed E-state index contributed by atoms with van der Waals surface area (Å²) in [6, 6.07) is 24.9. The van der Waals surface area contributed by atoms with Gasteiger partial charge in [-0.3, -0.25) is 4.98 Å². The van der Waals surface area contributed by atoms with Crippen molar-refractivity contribution in [3.05, 3.63) is 143 Å². The van der Waals surface area contributed by atoms with Gasteiger partial charge >= 0.3 is 5.97 Å². The van der Waals surface area contributed by atoms with Crippen LogP contribution in [0.5, 0.6) is 5.88 Å². The number of carboxylic acid groups (broad SMARTS) is 1. The second-order valence-electron chi connectivity index (χ2n) is 11.7. The first kappa shape index (κ1) is 29.7. The molecule has 10 heteroatoms. The van der Waals surface area contributed by atoms with Gasteiger partial charge in [-0.1, -0.05) is 24.3 Å². The number of fused-ring (bicyclic) bond motifs is 1. The molecule has 1 aliphatic rings. The fourth-order valence-corrected chi connectivity index (χ4v) is 5.88. The summed E-state index contributed by atoms with van der Waals surface area (Å²) in [5.41, 5.74) is 4.49. The minimum Gasteiger partial charge on any atom is -0.478 e. The van der Waals surface area contributed by atoms with Crippen LogP contribution >= 0.6 is 0 Å². The Morgan fingerprint density at radius 1 is 0.936 bits per heavy atom. The number of nitriles is 1. The molecule has 0 atom stereocenters. The molecule has 0 radical (unpaired) electrons. The smallest absolute Gasteiger partial charge is 0.335 e. The second kappa shape index (κ2) is 12.1. The van der Waals surface area contributed by atoms with Crippen molar-refractivity contribution in [1.29, 1.82) is 5.26 Å². The number of aromatic carboxylic acids is 1. The Morgan fingerprint density at radius 2 is 1.72 bits per heavy atom.